The van der Waals surface area contributed by atoms with E-state index in [9.17, 15) is 4.39 Å². The molecule has 1 aromatic carbocycles. The average molecular weight is 277 g/mol. The maximum atomic E-state index is 13.1. The molecule has 1 aromatic heterocycles. The number of aromatic nitrogens is 1. The summed E-state index contributed by atoms with van der Waals surface area (Å²) in [7, 11) is 0. The van der Waals surface area contributed by atoms with Crippen LogP contribution < -0.4 is 0 Å². The van der Waals surface area contributed by atoms with E-state index in [4.69, 9.17) is 11.6 Å². The molecule has 0 radical (unpaired) electrons. The monoisotopic (exact) mass is 275 g/mol. The molecule has 0 saturated carbocycles. The van der Waals surface area contributed by atoms with Gasteiger partial charge in [-0.3, -0.25) is 0 Å². The first-order valence-electron chi connectivity index (χ1n) is 4.15. The average Bonchev–Trinajstić information content (AvgIpc) is 2.41. The zero-order valence-corrected chi connectivity index (χ0v) is 9.84. The fourth-order valence-corrected chi connectivity index (χ4v) is 2.45. The summed E-state index contributed by atoms with van der Waals surface area (Å²) >= 11 is 9.11. The summed E-state index contributed by atoms with van der Waals surface area (Å²) in [4.78, 5) is 3.18. The zero-order valence-electron chi connectivity index (χ0n) is 7.50. The summed E-state index contributed by atoms with van der Waals surface area (Å²) in [6.45, 7) is 1.93. The maximum absolute atomic E-state index is 13.1. The molecule has 0 amide bonds. The van der Waals surface area contributed by atoms with Crippen LogP contribution >= 0.6 is 27.5 Å². The van der Waals surface area contributed by atoms with Gasteiger partial charge in [-0.25, -0.2) is 4.39 Å². The van der Waals surface area contributed by atoms with E-state index in [-0.39, 0.29) is 5.82 Å². The van der Waals surface area contributed by atoms with Gasteiger partial charge in [0.2, 0.25) is 0 Å². The van der Waals surface area contributed by atoms with E-state index in [0.717, 1.165) is 26.6 Å². The van der Waals surface area contributed by atoms with Crippen molar-refractivity contribution in [1.82, 2.24) is 4.98 Å². The molecule has 2 rings (SSSR count). The Morgan fingerprint density at radius 2 is 2.21 bits per heavy atom. The number of aromatic amines is 1. The molecule has 0 spiro atoms. The molecule has 0 atom stereocenters. The number of nitrogens with one attached hydrogen (secondary N) is 1. The first-order valence-corrected chi connectivity index (χ1v) is 5.48. The summed E-state index contributed by atoms with van der Waals surface area (Å²) in [5.74, 6) is 0.136. The van der Waals surface area contributed by atoms with Gasteiger partial charge in [0.15, 0.2) is 0 Å². The van der Waals surface area contributed by atoms with E-state index in [2.05, 4.69) is 20.9 Å². The third-order valence-electron chi connectivity index (χ3n) is 2.28. The molecule has 1 nitrogen and oxygen atoms in total. The largest absolute Gasteiger partial charge is 0.357 e. The molecule has 0 bridgehead atoms. The van der Waals surface area contributed by atoms with Gasteiger partial charge in [0, 0.05) is 21.4 Å². The lowest BCUT2D eigenvalue weighted by Crippen LogP contribution is -1.79. The minimum Gasteiger partial charge on any atom is -0.357 e. The maximum Gasteiger partial charge on any atom is 0.125 e. The van der Waals surface area contributed by atoms with Crippen molar-refractivity contribution in [3.05, 3.63) is 33.7 Å². The summed E-state index contributed by atoms with van der Waals surface area (Å²) in [6, 6.07) is 2.94. The highest BCUT2D eigenvalue weighted by atomic mass is 79.9. The lowest BCUT2D eigenvalue weighted by atomic mass is 10.1. The van der Waals surface area contributed by atoms with E-state index in [0.29, 0.717) is 5.88 Å². The van der Waals surface area contributed by atoms with Crippen molar-refractivity contribution in [2.24, 2.45) is 0 Å². The van der Waals surface area contributed by atoms with E-state index in [1.807, 2.05) is 6.92 Å². The molecule has 1 heterocycles. The SMILES string of the molecule is Cc1[nH]c2c(Br)cc(F)cc2c1CCl. The minimum absolute atomic E-state index is 0.255. The molecule has 0 saturated heterocycles. The van der Waals surface area contributed by atoms with Crippen LogP contribution in [-0.2, 0) is 5.88 Å². The van der Waals surface area contributed by atoms with Gasteiger partial charge >= 0.3 is 0 Å². The highest BCUT2D eigenvalue weighted by Gasteiger charge is 2.10. The van der Waals surface area contributed by atoms with Crippen molar-refractivity contribution in [3.8, 4) is 0 Å². The van der Waals surface area contributed by atoms with E-state index >= 15 is 0 Å². The Morgan fingerprint density at radius 1 is 1.50 bits per heavy atom. The standard InChI is InChI=1S/C10H8BrClFN/c1-5-8(4-12)7-2-6(13)3-9(11)10(7)14-5/h2-3,14H,4H2,1H3. The summed E-state index contributed by atoms with van der Waals surface area (Å²) in [6.07, 6.45) is 0. The van der Waals surface area contributed by atoms with Gasteiger partial charge in [0.1, 0.15) is 5.82 Å². The van der Waals surface area contributed by atoms with Gasteiger partial charge in [0.25, 0.3) is 0 Å². The lowest BCUT2D eigenvalue weighted by molar-refractivity contribution is 0.629. The molecule has 0 aliphatic carbocycles. The lowest BCUT2D eigenvalue weighted by Gasteiger charge is -1.96. The topological polar surface area (TPSA) is 15.8 Å². The molecule has 0 aliphatic heterocycles. The van der Waals surface area contributed by atoms with Gasteiger partial charge in [-0.1, -0.05) is 0 Å². The zero-order chi connectivity index (χ0) is 10.3. The third-order valence-corrected chi connectivity index (χ3v) is 3.17. The van der Waals surface area contributed by atoms with Crippen molar-refractivity contribution in [1.29, 1.82) is 0 Å². The van der Waals surface area contributed by atoms with Crippen molar-refractivity contribution in [3.63, 3.8) is 0 Å². The number of H-pyrrole nitrogens is 1. The quantitative estimate of drug-likeness (QED) is 0.754. The summed E-state index contributed by atoms with van der Waals surface area (Å²) in [5, 5.41) is 0.851. The molecular formula is C10H8BrClFN. The van der Waals surface area contributed by atoms with Gasteiger partial charge in [-0.15, -0.1) is 11.6 Å². The number of benzene rings is 1. The van der Waals surface area contributed by atoms with Crippen LogP contribution in [0.15, 0.2) is 16.6 Å². The predicted molar refractivity (Wildman–Crippen MR) is 60.3 cm³/mol. The molecule has 74 valence electrons. The summed E-state index contributed by atoms with van der Waals surface area (Å²) in [5.41, 5.74) is 2.85. The van der Waals surface area contributed by atoms with Gasteiger partial charge < -0.3 is 4.98 Å². The highest BCUT2D eigenvalue weighted by Crippen LogP contribution is 2.30. The van der Waals surface area contributed by atoms with Crippen LogP contribution in [0.3, 0.4) is 0 Å². The Bertz CT molecular complexity index is 492. The Labute approximate surface area is 94.4 Å². The number of hydrogen-bond acceptors (Lipinski definition) is 0. The normalized spacial score (nSPS) is 11.1. The van der Waals surface area contributed by atoms with Crippen LogP contribution in [0.4, 0.5) is 4.39 Å². The fourth-order valence-electron chi connectivity index (χ4n) is 1.58. The fraction of sp³-hybridized carbons (Fsp3) is 0.200. The second-order valence-electron chi connectivity index (χ2n) is 3.17. The van der Waals surface area contributed by atoms with Crippen LogP contribution in [0.25, 0.3) is 10.9 Å². The first-order chi connectivity index (χ1) is 6.63. The van der Waals surface area contributed by atoms with Crippen LogP contribution in [0, 0.1) is 12.7 Å². The second-order valence-corrected chi connectivity index (χ2v) is 4.29. The Kier molecular flexibility index (Phi) is 2.54. The van der Waals surface area contributed by atoms with Crippen molar-refractivity contribution in [2.75, 3.05) is 0 Å². The molecule has 4 heteroatoms. The molecule has 0 fully saturated rings. The van der Waals surface area contributed by atoms with E-state index in [1.54, 1.807) is 0 Å². The molecule has 0 aliphatic rings. The number of hydrogen-bond donors (Lipinski definition) is 1. The Hall–Kier alpha value is -0.540. The van der Waals surface area contributed by atoms with Gasteiger partial charge in [-0.05, 0) is 40.5 Å². The first kappa shape index (κ1) is 9.99. The third kappa shape index (κ3) is 1.44. The molecule has 14 heavy (non-hydrogen) atoms. The Balaban J connectivity index is 2.87. The van der Waals surface area contributed by atoms with E-state index < -0.39 is 0 Å². The number of alkyl halides is 1. The molecule has 1 N–H and O–H groups in total. The van der Waals surface area contributed by atoms with Crippen molar-refractivity contribution >= 4 is 38.4 Å². The van der Waals surface area contributed by atoms with Crippen LogP contribution in [-0.4, -0.2) is 4.98 Å². The highest BCUT2D eigenvalue weighted by molar-refractivity contribution is 9.10. The number of fused-ring (bicyclic) bond motifs is 1. The van der Waals surface area contributed by atoms with Gasteiger partial charge in [0.05, 0.1) is 5.52 Å². The van der Waals surface area contributed by atoms with Gasteiger partial charge in [-0.2, -0.15) is 0 Å². The molecular weight excluding hydrogens is 268 g/mol. The molecule has 0 unspecified atom stereocenters. The van der Waals surface area contributed by atoms with Crippen molar-refractivity contribution in [2.45, 2.75) is 12.8 Å². The Morgan fingerprint density at radius 3 is 2.86 bits per heavy atom. The molecule has 2 aromatic rings. The van der Waals surface area contributed by atoms with E-state index in [1.165, 1.54) is 12.1 Å². The minimum atomic E-state index is -0.255. The van der Waals surface area contributed by atoms with Crippen LogP contribution in [0.5, 0.6) is 0 Å². The second kappa shape index (κ2) is 3.55. The van der Waals surface area contributed by atoms with Crippen molar-refractivity contribution < 1.29 is 4.39 Å². The van der Waals surface area contributed by atoms with Crippen LogP contribution in [0.2, 0.25) is 0 Å². The number of rotatable bonds is 1. The number of halogens is 3. The van der Waals surface area contributed by atoms with Crippen LogP contribution in [0.1, 0.15) is 11.3 Å². The summed E-state index contributed by atoms with van der Waals surface area (Å²) < 4.78 is 13.9. The predicted octanol–water partition coefficient (Wildman–Crippen LogP) is 4.12. The smallest absolute Gasteiger partial charge is 0.125 e. The number of aryl methyl sites for hydroxylation is 1.